The summed E-state index contributed by atoms with van der Waals surface area (Å²) in [6, 6.07) is 1.00. The molecule has 4 aliphatic rings. The number of hydrazine groups is 4. The van der Waals surface area contributed by atoms with Gasteiger partial charge in [0.2, 0.25) is 0 Å². The molecule has 36 heavy (non-hydrogen) atoms. The minimum Gasteiger partial charge on any atom is -0.378 e. The van der Waals surface area contributed by atoms with Crippen molar-refractivity contribution < 1.29 is 4.74 Å². The Balaban J connectivity index is 0.000000207. The van der Waals surface area contributed by atoms with Crippen LogP contribution in [0.25, 0.3) is 0 Å². The number of nitrogens with zero attached hydrogens (tertiary/aromatic N) is 2. The minimum atomic E-state index is 0.368. The third-order valence-corrected chi connectivity index (χ3v) is 7.88. The Morgan fingerprint density at radius 1 is 0.917 bits per heavy atom. The van der Waals surface area contributed by atoms with E-state index in [9.17, 15) is 0 Å². The molecule has 0 amide bonds. The Kier molecular flexibility index (Phi) is 10.4. The van der Waals surface area contributed by atoms with Gasteiger partial charge in [0.15, 0.2) is 0 Å². The maximum atomic E-state index is 5.84. The molecule has 0 aromatic carbocycles. The van der Waals surface area contributed by atoms with Crippen LogP contribution in [-0.4, -0.2) is 34.8 Å². The normalized spacial score (nSPS) is 25.7. The molecule has 7 heteroatoms. The summed E-state index contributed by atoms with van der Waals surface area (Å²) in [5.74, 6) is 2.62. The first kappa shape index (κ1) is 29.1. The highest BCUT2D eigenvalue weighted by Crippen LogP contribution is 2.54. The van der Waals surface area contributed by atoms with Gasteiger partial charge >= 0.3 is 0 Å². The van der Waals surface area contributed by atoms with Gasteiger partial charge < -0.3 is 15.6 Å². The Hall–Kier alpha value is -1.44. The van der Waals surface area contributed by atoms with Gasteiger partial charge in [-0.2, -0.15) is 0 Å². The van der Waals surface area contributed by atoms with E-state index < -0.39 is 0 Å². The number of hydrogen-bond acceptors (Lipinski definition) is 7. The predicted octanol–water partition coefficient (Wildman–Crippen LogP) is 5.96. The highest BCUT2D eigenvalue weighted by Gasteiger charge is 2.50. The summed E-state index contributed by atoms with van der Waals surface area (Å²) < 4.78 is 5.84. The molecule has 0 aromatic heterocycles. The molecule has 0 radical (unpaired) electrons. The molecule has 4 N–H and O–H groups in total. The first-order valence-corrected chi connectivity index (χ1v) is 14.6. The standard InChI is InChI=1S/C16H29N3O.C13H27N3/c1-10(2)19-16-8-6-13-12(5-7-15(16)17-18-19)14(13)9-20-11(3)4;1-11(2)16-10-12(14-15-16)8-6-7-9-13(3,4)5/h10-14,17-18H,5-9H2,1-4H3;10-11,14-15H,6-9H2,1-5H3. The van der Waals surface area contributed by atoms with Crippen LogP contribution < -0.4 is 21.9 Å². The van der Waals surface area contributed by atoms with Gasteiger partial charge in [-0.1, -0.05) is 27.2 Å². The zero-order valence-electron chi connectivity index (χ0n) is 24.7. The highest BCUT2D eigenvalue weighted by molar-refractivity contribution is 5.18. The summed E-state index contributed by atoms with van der Waals surface area (Å²) in [5.41, 5.74) is 17.8. The second kappa shape index (κ2) is 12.9. The maximum absolute atomic E-state index is 5.84. The van der Waals surface area contributed by atoms with E-state index in [4.69, 9.17) is 4.74 Å². The molecule has 0 spiro atoms. The fraction of sp³-hybridized carbons (Fsp3) is 0.862. The lowest BCUT2D eigenvalue weighted by atomic mass is 9.89. The molecule has 4 rings (SSSR count). The molecule has 2 heterocycles. The number of hydrogen-bond donors (Lipinski definition) is 4. The van der Waals surface area contributed by atoms with Gasteiger partial charge in [0.05, 0.1) is 18.4 Å². The van der Waals surface area contributed by atoms with E-state index >= 15 is 0 Å². The number of fused-ring (bicyclic) bond motifs is 1. The van der Waals surface area contributed by atoms with Crippen molar-refractivity contribution in [2.24, 2.45) is 23.2 Å². The van der Waals surface area contributed by atoms with Crippen LogP contribution >= 0.6 is 0 Å². The minimum absolute atomic E-state index is 0.368. The number of rotatable bonds is 9. The summed E-state index contributed by atoms with van der Waals surface area (Å²) in [6.45, 7) is 21.0. The quantitative estimate of drug-likeness (QED) is 0.289. The van der Waals surface area contributed by atoms with Crippen LogP contribution in [0.1, 0.15) is 114 Å². The van der Waals surface area contributed by atoms with Crippen LogP contribution in [0, 0.1) is 23.2 Å². The van der Waals surface area contributed by atoms with Crippen LogP contribution in [0.2, 0.25) is 0 Å². The highest BCUT2D eigenvalue weighted by atomic mass is 16.5. The molecule has 3 unspecified atom stereocenters. The summed E-state index contributed by atoms with van der Waals surface area (Å²) in [4.78, 5) is 0. The summed E-state index contributed by atoms with van der Waals surface area (Å²) >= 11 is 0. The molecule has 2 aliphatic heterocycles. The fourth-order valence-corrected chi connectivity index (χ4v) is 5.62. The van der Waals surface area contributed by atoms with Gasteiger partial charge in [0.25, 0.3) is 0 Å². The average molecular weight is 505 g/mol. The molecule has 7 nitrogen and oxygen atoms in total. The van der Waals surface area contributed by atoms with Crippen LogP contribution in [0.15, 0.2) is 23.3 Å². The van der Waals surface area contributed by atoms with E-state index in [1.165, 1.54) is 62.0 Å². The molecule has 2 aliphatic carbocycles. The summed E-state index contributed by atoms with van der Waals surface area (Å²) in [5, 5.41) is 4.41. The smallest absolute Gasteiger partial charge is 0.0519 e. The lowest BCUT2D eigenvalue weighted by Gasteiger charge is -2.25. The van der Waals surface area contributed by atoms with Gasteiger partial charge in [-0.3, -0.25) is 10.0 Å². The first-order valence-electron chi connectivity index (χ1n) is 14.6. The largest absolute Gasteiger partial charge is 0.378 e. The van der Waals surface area contributed by atoms with Crippen molar-refractivity contribution in [1.82, 2.24) is 31.9 Å². The fourth-order valence-electron chi connectivity index (χ4n) is 5.62. The molecule has 1 fully saturated rings. The molecule has 3 atom stereocenters. The number of unbranched alkanes of at least 4 members (excludes halogenated alkanes) is 1. The Morgan fingerprint density at radius 2 is 1.61 bits per heavy atom. The summed E-state index contributed by atoms with van der Waals surface area (Å²) in [7, 11) is 0. The molecular formula is C29H56N6O. The maximum Gasteiger partial charge on any atom is 0.0519 e. The van der Waals surface area contributed by atoms with E-state index in [1.54, 1.807) is 0 Å². The third-order valence-electron chi connectivity index (χ3n) is 7.88. The van der Waals surface area contributed by atoms with Crippen molar-refractivity contribution >= 4 is 0 Å². The predicted molar refractivity (Wildman–Crippen MR) is 150 cm³/mol. The monoisotopic (exact) mass is 504 g/mol. The number of ether oxygens (including phenoxy) is 1. The Morgan fingerprint density at radius 3 is 2.19 bits per heavy atom. The SMILES string of the molecule is CC(C)N1C=C(CCCCC(C)(C)C)NN1.CC(C)OCC1C2CCC3=C(CCC21)N(C(C)C)NN3. The molecule has 0 aromatic rings. The van der Waals surface area contributed by atoms with Crippen molar-refractivity contribution in [3.05, 3.63) is 23.3 Å². The van der Waals surface area contributed by atoms with Crippen LogP contribution in [0.3, 0.4) is 0 Å². The van der Waals surface area contributed by atoms with Crippen molar-refractivity contribution in [2.45, 2.75) is 132 Å². The van der Waals surface area contributed by atoms with Gasteiger partial charge in [0, 0.05) is 29.7 Å². The molecule has 0 saturated heterocycles. The van der Waals surface area contributed by atoms with Gasteiger partial charge in [-0.05, 0) is 110 Å². The zero-order valence-corrected chi connectivity index (χ0v) is 24.7. The topological polar surface area (TPSA) is 63.8 Å². The molecule has 0 bridgehead atoms. The molecule has 1 saturated carbocycles. The lowest BCUT2D eigenvalue weighted by Crippen LogP contribution is -2.42. The molecular weight excluding hydrogens is 448 g/mol. The third kappa shape index (κ3) is 8.56. The average Bonchev–Trinajstić information content (AvgIpc) is 3.10. The van der Waals surface area contributed by atoms with Crippen LogP contribution in [-0.2, 0) is 4.74 Å². The zero-order chi connectivity index (χ0) is 26.5. The second-order valence-electron chi connectivity index (χ2n) is 13.2. The molecule has 208 valence electrons. The lowest BCUT2D eigenvalue weighted by molar-refractivity contribution is 0.0655. The van der Waals surface area contributed by atoms with Crippen molar-refractivity contribution in [1.29, 1.82) is 0 Å². The van der Waals surface area contributed by atoms with Gasteiger partial charge in [0.1, 0.15) is 0 Å². The van der Waals surface area contributed by atoms with Crippen LogP contribution in [0.5, 0.6) is 0 Å². The van der Waals surface area contributed by atoms with E-state index in [0.717, 1.165) is 30.8 Å². The van der Waals surface area contributed by atoms with Gasteiger partial charge in [-0.15, -0.1) is 11.1 Å². The number of nitrogens with one attached hydrogen (secondary N) is 4. The summed E-state index contributed by atoms with van der Waals surface area (Å²) in [6.07, 6.45) is 12.6. The van der Waals surface area contributed by atoms with Gasteiger partial charge in [-0.25, -0.2) is 0 Å². The van der Waals surface area contributed by atoms with E-state index in [-0.39, 0.29) is 0 Å². The van der Waals surface area contributed by atoms with E-state index in [0.29, 0.717) is 23.6 Å². The number of allylic oxidation sites excluding steroid dienone is 3. The van der Waals surface area contributed by atoms with Crippen molar-refractivity contribution in [2.75, 3.05) is 6.61 Å². The Bertz CT molecular complexity index is 753. The Labute approximate surface area is 221 Å². The second-order valence-corrected chi connectivity index (χ2v) is 13.2. The van der Waals surface area contributed by atoms with E-state index in [1.807, 2.05) is 0 Å². The van der Waals surface area contributed by atoms with Crippen LogP contribution in [0.4, 0.5) is 0 Å². The van der Waals surface area contributed by atoms with E-state index in [2.05, 4.69) is 100 Å². The van der Waals surface area contributed by atoms with Crippen molar-refractivity contribution in [3.63, 3.8) is 0 Å². The first-order chi connectivity index (χ1) is 17.0. The van der Waals surface area contributed by atoms with Crippen molar-refractivity contribution in [3.8, 4) is 0 Å².